The van der Waals surface area contributed by atoms with E-state index in [2.05, 4.69) is 31.3 Å². The van der Waals surface area contributed by atoms with Crippen molar-refractivity contribution < 1.29 is 14.6 Å². The van der Waals surface area contributed by atoms with Crippen LogP contribution in [0.25, 0.3) is 0 Å². The average molecular weight is 326 g/mol. The number of nitrogens with zero attached hydrogens (tertiary/aromatic N) is 1. The lowest BCUT2D eigenvalue weighted by Gasteiger charge is -2.18. The number of amides is 1. The summed E-state index contributed by atoms with van der Waals surface area (Å²) in [5, 5.41) is 13.5. The Morgan fingerprint density at radius 2 is 1.83 bits per heavy atom. The van der Waals surface area contributed by atoms with Crippen LogP contribution < -0.4 is 10.2 Å². The van der Waals surface area contributed by atoms with Gasteiger partial charge in [0.1, 0.15) is 0 Å². The first kappa shape index (κ1) is 17.5. The van der Waals surface area contributed by atoms with Crippen molar-refractivity contribution in [2.45, 2.75) is 26.2 Å². The summed E-state index contributed by atoms with van der Waals surface area (Å²) in [4.78, 5) is 12.0. The molecule has 0 spiro atoms. The lowest BCUT2D eigenvalue weighted by molar-refractivity contribution is 0.0954. The summed E-state index contributed by atoms with van der Waals surface area (Å²) in [6.07, 6.45) is 1.59. The van der Waals surface area contributed by atoms with Gasteiger partial charge in [-0.05, 0) is 34.7 Å². The number of carbonyl (C=O) groups excluding carboxylic acids is 1. The third-order valence-electron chi connectivity index (χ3n) is 3.60. The number of nitrogens with one attached hydrogen (secondary N) is 1. The highest BCUT2D eigenvalue weighted by molar-refractivity contribution is 5.95. The first-order chi connectivity index (χ1) is 11.3. The molecule has 0 saturated carbocycles. The molecule has 24 heavy (non-hydrogen) atoms. The summed E-state index contributed by atoms with van der Waals surface area (Å²) in [6, 6.07) is 12.4. The molecule has 0 atom stereocenters. The number of rotatable bonds is 4. The molecule has 126 valence electrons. The normalized spacial score (nSPS) is 11.5. The van der Waals surface area contributed by atoms with Crippen molar-refractivity contribution in [2.75, 3.05) is 7.11 Å². The molecule has 5 nitrogen and oxygen atoms in total. The van der Waals surface area contributed by atoms with Crippen LogP contribution in [0.15, 0.2) is 47.6 Å². The van der Waals surface area contributed by atoms with E-state index in [4.69, 9.17) is 4.74 Å². The molecule has 5 heteroatoms. The van der Waals surface area contributed by atoms with Crippen molar-refractivity contribution in [1.82, 2.24) is 5.43 Å². The summed E-state index contributed by atoms with van der Waals surface area (Å²) < 4.78 is 4.98. The van der Waals surface area contributed by atoms with Gasteiger partial charge >= 0.3 is 0 Å². The van der Waals surface area contributed by atoms with E-state index in [1.54, 1.807) is 6.21 Å². The Morgan fingerprint density at radius 3 is 2.42 bits per heavy atom. The molecule has 0 unspecified atom stereocenters. The van der Waals surface area contributed by atoms with Crippen LogP contribution in [0.1, 0.15) is 42.3 Å². The second-order valence-electron chi connectivity index (χ2n) is 6.46. The minimum absolute atomic E-state index is 0.0171. The van der Waals surface area contributed by atoms with Crippen molar-refractivity contribution in [2.24, 2.45) is 5.10 Å². The molecule has 0 saturated heterocycles. The summed E-state index contributed by atoms with van der Waals surface area (Å²) in [5.74, 6) is -0.156. The predicted octanol–water partition coefficient (Wildman–Crippen LogP) is 3.46. The van der Waals surface area contributed by atoms with Gasteiger partial charge in [0.25, 0.3) is 5.91 Å². The minimum Gasteiger partial charge on any atom is -0.504 e. The van der Waals surface area contributed by atoms with E-state index in [0.717, 1.165) is 5.56 Å². The van der Waals surface area contributed by atoms with Crippen molar-refractivity contribution in [3.63, 3.8) is 0 Å². The molecule has 0 aromatic heterocycles. The van der Waals surface area contributed by atoms with Gasteiger partial charge in [0.2, 0.25) is 0 Å². The summed E-state index contributed by atoms with van der Waals surface area (Å²) in [6.45, 7) is 6.47. The van der Waals surface area contributed by atoms with Gasteiger partial charge in [-0.2, -0.15) is 5.10 Å². The Balaban J connectivity index is 2.02. The number of benzene rings is 2. The van der Waals surface area contributed by atoms with E-state index in [-0.39, 0.29) is 22.8 Å². The van der Waals surface area contributed by atoms with Crippen LogP contribution in [-0.2, 0) is 5.41 Å². The number of phenolic OH excluding ortho intramolecular Hbond substituents is 1. The number of hydrogen-bond donors (Lipinski definition) is 2. The lowest BCUT2D eigenvalue weighted by Crippen LogP contribution is -2.17. The number of phenols is 1. The van der Waals surface area contributed by atoms with Crippen LogP contribution in [0.3, 0.4) is 0 Å². The first-order valence-electron chi connectivity index (χ1n) is 7.62. The third kappa shape index (κ3) is 4.35. The van der Waals surface area contributed by atoms with Crippen molar-refractivity contribution in [1.29, 1.82) is 0 Å². The predicted molar refractivity (Wildman–Crippen MR) is 94.9 cm³/mol. The zero-order valence-corrected chi connectivity index (χ0v) is 14.3. The highest BCUT2D eigenvalue weighted by Gasteiger charge is 2.12. The Bertz CT molecular complexity index is 744. The van der Waals surface area contributed by atoms with Gasteiger partial charge < -0.3 is 9.84 Å². The molecule has 0 aliphatic rings. The van der Waals surface area contributed by atoms with Gasteiger partial charge in [-0.1, -0.05) is 45.0 Å². The van der Waals surface area contributed by atoms with Crippen LogP contribution in [0, 0.1) is 0 Å². The summed E-state index contributed by atoms with van der Waals surface area (Å²) in [5.41, 5.74) is 5.04. The molecule has 0 aliphatic carbocycles. The van der Waals surface area contributed by atoms with E-state index in [1.807, 2.05) is 24.3 Å². The monoisotopic (exact) mass is 326 g/mol. The molecule has 2 aromatic rings. The second kappa shape index (κ2) is 7.17. The highest BCUT2D eigenvalue weighted by Crippen LogP contribution is 2.26. The first-order valence-corrected chi connectivity index (χ1v) is 7.62. The molecule has 0 bridgehead atoms. The van der Waals surface area contributed by atoms with E-state index >= 15 is 0 Å². The average Bonchev–Trinajstić information content (AvgIpc) is 2.55. The van der Waals surface area contributed by atoms with Gasteiger partial charge in [0.15, 0.2) is 11.5 Å². The van der Waals surface area contributed by atoms with Crippen molar-refractivity contribution in [3.05, 3.63) is 59.2 Å². The fraction of sp³-hybridized carbons (Fsp3) is 0.263. The number of aromatic hydroxyl groups is 1. The van der Waals surface area contributed by atoms with Gasteiger partial charge in [0, 0.05) is 5.56 Å². The molecule has 2 N–H and O–H groups in total. The minimum atomic E-state index is -0.379. The maximum atomic E-state index is 12.0. The van der Waals surface area contributed by atoms with Gasteiger partial charge in [-0.25, -0.2) is 5.43 Å². The number of carbonyl (C=O) groups is 1. The van der Waals surface area contributed by atoms with Crippen LogP contribution in [0.4, 0.5) is 0 Å². The van der Waals surface area contributed by atoms with Crippen molar-refractivity contribution >= 4 is 12.1 Å². The van der Waals surface area contributed by atoms with E-state index in [1.165, 1.54) is 30.9 Å². The number of hydrazone groups is 1. The Kier molecular flexibility index (Phi) is 5.24. The molecular formula is C19H22N2O3. The molecular weight excluding hydrogens is 304 g/mol. The van der Waals surface area contributed by atoms with Crippen LogP contribution in [-0.4, -0.2) is 24.3 Å². The SMILES string of the molecule is COc1cc(C(=O)NN=Cc2ccc(C(C)(C)C)cc2)ccc1O. The number of methoxy groups -OCH3 is 1. The fourth-order valence-electron chi connectivity index (χ4n) is 2.12. The van der Waals surface area contributed by atoms with Gasteiger partial charge in [-0.3, -0.25) is 4.79 Å². The lowest BCUT2D eigenvalue weighted by atomic mass is 9.87. The third-order valence-corrected chi connectivity index (χ3v) is 3.60. The summed E-state index contributed by atoms with van der Waals surface area (Å²) in [7, 11) is 1.43. The standard InChI is InChI=1S/C19H22N2O3/c1-19(2,3)15-8-5-13(6-9-15)12-20-21-18(23)14-7-10-16(22)17(11-14)24-4/h5-12,22H,1-4H3,(H,21,23). The molecule has 2 rings (SSSR count). The topological polar surface area (TPSA) is 70.9 Å². The molecule has 2 aromatic carbocycles. The van der Waals surface area contributed by atoms with E-state index in [9.17, 15) is 9.90 Å². The maximum Gasteiger partial charge on any atom is 0.271 e. The molecule has 0 fully saturated rings. The molecule has 0 heterocycles. The smallest absolute Gasteiger partial charge is 0.271 e. The number of ether oxygens (including phenoxy) is 1. The van der Waals surface area contributed by atoms with E-state index in [0.29, 0.717) is 5.56 Å². The van der Waals surface area contributed by atoms with Gasteiger partial charge in [-0.15, -0.1) is 0 Å². The zero-order valence-electron chi connectivity index (χ0n) is 14.3. The fourth-order valence-corrected chi connectivity index (χ4v) is 2.12. The Morgan fingerprint density at radius 1 is 1.17 bits per heavy atom. The molecule has 1 amide bonds. The van der Waals surface area contributed by atoms with Gasteiger partial charge in [0.05, 0.1) is 13.3 Å². The highest BCUT2D eigenvalue weighted by atomic mass is 16.5. The number of hydrogen-bond acceptors (Lipinski definition) is 4. The van der Waals surface area contributed by atoms with E-state index < -0.39 is 0 Å². The molecule has 0 radical (unpaired) electrons. The quantitative estimate of drug-likeness (QED) is 0.667. The van der Waals surface area contributed by atoms with Crippen LogP contribution >= 0.6 is 0 Å². The van der Waals surface area contributed by atoms with Crippen LogP contribution in [0.5, 0.6) is 11.5 Å². The van der Waals surface area contributed by atoms with Crippen molar-refractivity contribution in [3.8, 4) is 11.5 Å². The zero-order chi connectivity index (χ0) is 17.7. The van der Waals surface area contributed by atoms with Crippen LogP contribution in [0.2, 0.25) is 0 Å². The summed E-state index contributed by atoms with van der Waals surface area (Å²) >= 11 is 0. The maximum absolute atomic E-state index is 12.0. The second-order valence-corrected chi connectivity index (χ2v) is 6.46. The Labute approximate surface area is 142 Å². The molecule has 0 aliphatic heterocycles. The Hall–Kier alpha value is -2.82. The largest absolute Gasteiger partial charge is 0.504 e.